The van der Waals surface area contributed by atoms with Gasteiger partial charge in [0.1, 0.15) is 0 Å². The standard InChI is InChI=1S/C7H10.C5H11NO/c1-4-6-7(3)5-2;1-6-2-4-7-5-3-6/h4-6H,2-3H2,1H3;2-5H2,1H3/b6-4+;. The maximum Gasteiger partial charge on any atom is 0.0594 e. The maximum absolute atomic E-state index is 5.10. The number of allylic oxidation sites excluding steroid dienone is 4. The first-order valence-corrected chi connectivity index (χ1v) is 4.91. The van der Waals surface area contributed by atoms with Gasteiger partial charge in [-0.1, -0.05) is 31.4 Å². The first-order valence-electron chi connectivity index (χ1n) is 4.91. The number of ether oxygens (including phenoxy) is 1. The van der Waals surface area contributed by atoms with E-state index in [4.69, 9.17) is 4.74 Å². The lowest BCUT2D eigenvalue weighted by Gasteiger charge is -2.21. The quantitative estimate of drug-likeness (QED) is 0.627. The second-order valence-electron chi connectivity index (χ2n) is 3.19. The van der Waals surface area contributed by atoms with Gasteiger partial charge in [0.05, 0.1) is 13.2 Å². The van der Waals surface area contributed by atoms with Crippen LogP contribution in [0, 0.1) is 0 Å². The number of likely N-dealkylation sites (N-methyl/N-ethyl adjacent to an activating group) is 1. The Labute approximate surface area is 87.6 Å². The van der Waals surface area contributed by atoms with Crippen LogP contribution < -0.4 is 0 Å². The van der Waals surface area contributed by atoms with E-state index in [9.17, 15) is 0 Å². The van der Waals surface area contributed by atoms with Crippen molar-refractivity contribution in [1.82, 2.24) is 4.90 Å². The lowest BCUT2D eigenvalue weighted by atomic mass is 10.3. The predicted molar refractivity (Wildman–Crippen MR) is 62.5 cm³/mol. The number of nitrogens with zero attached hydrogens (tertiary/aromatic N) is 1. The summed E-state index contributed by atoms with van der Waals surface area (Å²) < 4.78 is 5.10. The van der Waals surface area contributed by atoms with Crippen LogP contribution >= 0.6 is 0 Å². The van der Waals surface area contributed by atoms with Crippen LogP contribution in [0.15, 0.2) is 37.0 Å². The van der Waals surface area contributed by atoms with E-state index in [1.807, 2.05) is 19.1 Å². The number of rotatable bonds is 2. The Balaban J connectivity index is 0.000000241. The molecule has 0 aromatic rings. The van der Waals surface area contributed by atoms with Gasteiger partial charge in [-0.25, -0.2) is 0 Å². The van der Waals surface area contributed by atoms with Crippen molar-refractivity contribution in [3.05, 3.63) is 37.0 Å². The number of hydrogen-bond donors (Lipinski definition) is 0. The minimum atomic E-state index is 0.913. The van der Waals surface area contributed by atoms with Gasteiger partial charge < -0.3 is 9.64 Å². The Morgan fingerprint density at radius 2 is 1.93 bits per heavy atom. The van der Waals surface area contributed by atoms with Crippen molar-refractivity contribution in [3.63, 3.8) is 0 Å². The van der Waals surface area contributed by atoms with Crippen molar-refractivity contribution >= 4 is 0 Å². The molecule has 0 aromatic carbocycles. The number of morpholine rings is 1. The molecule has 14 heavy (non-hydrogen) atoms. The molecule has 0 unspecified atom stereocenters. The minimum Gasteiger partial charge on any atom is -0.379 e. The molecule has 1 aliphatic rings. The van der Waals surface area contributed by atoms with Gasteiger partial charge in [0, 0.05) is 13.1 Å². The van der Waals surface area contributed by atoms with Gasteiger partial charge in [-0.15, -0.1) is 0 Å². The van der Waals surface area contributed by atoms with Crippen LogP contribution in [0.2, 0.25) is 0 Å². The van der Waals surface area contributed by atoms with Crippen molar-refractivity contribution in [2.45, 2.75) is 6.92 Å². The summed E-state index contributed by atoms with van der Waals surface area (Å²) in [5.41, 5.74) is 0.961. The largest absolute Gasteiger partial charge is 0.379 e. The summed E-state index contributed by atoms with van der Waals surface area (Å²) in [6.45, 7) is 13.2. The van der Waals surface area contributed by atoms with Crippen molar-refractivity contribution in [3.8, 4) is 0 Å². The lowest BCUT2D eigenvalue weighted by Crippen LogP contribution is -2.32. The zero-order chi connectivity index (χ0) is 10.8. The van der Waals surface area contributed by atoms with Crippen LogP contribution in [0.5, 0.6) is 0 Å². The Kier molecular flexibility index (Phi) is 8.19. The maximum atomic E-state index is 5.10. The van der Waals surface area contributed by atoms with Gasteiger partial charge >= 0.3 is 0 Å². The van der Waals surface area contributed by atoms with E-state index in [1.165, 1.54) is 0 Å². The zero-order valence-electron chi connectivity index (χ0n) is 9.33. The molecule has 80 valence electrons. The topological polar surface area (TPSA) is 12.5 Å². The van der Waals surface area contributed by atoms with Crippen LogP contribution in [0.25, 0.3) is 0 Å². The smallest absolute Gasteiger partial charge is 0.0594 e. The normalized spacial score (nSPS) is 17.3. The first kappa shape index (κ1) is 13.1. The molecule has 0 radical (unpaired) electrons. The highest BCUT2D eigenvalue weighted by Gasteiger charge is 2.02. The summed E-state index contributed by atoms with van der Waals surface area (Å²) >= 11 is 0. The van der Waals surface area contributed by atoms with E-state index in [2.05, 4.69) is 25.1 Å². The summed E-state index contributed by atoms with van der Waals surface area (Å²) in [5, 5.41) is 0. The van der Waals surface area contributed by atoms with Crippen LogP contribution in [-0.2, 0) is 4.74 Å². The van der Waals surface area contributed by atoms with Crippen LogP contribution in [0.3, 0.4) is 0 Å². The Morgan fingerprint density at radius 3 is 2.14 bits per heavy atom. The monoisotopic (exact) mass is 195 g/mol. The third-order valence-electron chi connectivity index (χ3n) is 1.88. The second kappa shape index (κ2) is 8.73. The summed E-state index contributed by atoms with van der Waals surface area (Å²) in [5.74, 6) is 0. The average molecular weight is 195 g/mol. The van der Waals surface area contributed by atoms with Crippen molar-refractivity contribution in [2.75, 3.05) is 33.4 Å². The summed E-state index contributed by atoms with van der Waals surface area (Å²) in [4.78, 5) is 2.27. The van der Waals surface area contributed by atoms with E-state index in [0.717, 1.165) is 31.9 Å². The van der Waals surface area contributed by atoms with E-state index < -0.39 is 0 Å². The third kappa shape index (κ3) is 7.77. The molecule has 2 nitrogen and oxygen atoms in total. The van der Waals surface area contributed by atoms with Gasteiger partial charge in [0.2, 0.25) is 0 Å². The Bertz CT molecular complexity index is 190. The fourth-order valence-corrected chi connectivity index (χ4v) is 0.937. The molecule has 0 aliphatic carbocycles. The van der Waals surface area contributed by atoms with Gasteiger partial charge in [-0.3, -0.25) is 0 Å². The summed E-state index contributed by atoms with van der Waals surface area (Å²) in [7, 11) is 2.11. The predicted octanol–water partition coefficient (Wildman–Crippen LogP) is 2.25. The minimum absolute atomic E-state index is 0.913. The second-order valence-corrected chi connectivity index (χ2v) is 3.19. The number of hydrogen-bond acceptors (Lipinski definition) is 2. The van der Waals surface area contributed by atoms with Crippen LogP contribution in [0.1, 0.15) is 6.92 Å². The van der Waals surface area contributed by atoms with Gasteiger partial charge in [0.25, 0.3) is 0 Å². The van der Waals surface area contributed by atoms with E-state index in [0.29, 0.717) is 0 Å². The molecule has 1 saturated heterocycles. The fourth-order valence-electron chi connectivity index (χ4n) is 0.937. The van der Waals surface area contributed by atoms with Gasteiger partial charge in [-0.2, -0.15) is 0 Å². The highest BCUT2D eigenvalue weighted by Crippen LogP contribution is 1.90. The molecule has 0 atom stereocenters. The highest BCUT2D eigenvalue weighted by atomic mass is 16.5. The molecule has 0 spiro atoms. The molecule has 0 bridgehead atoms. The average Bonchev–Trinajstić information content (AvgIpc) is 2.20. The molecule has 0 amide bonds. The summed E-state index contributed by atoms with van der Waals surface area (Å²) in [6, 6.07) is 0. The Hall–Kier alpha value is -0.860. The molecule has 1 fully saturated rings. The molecular formula is C12H21NO. The zero-order valence-corrected chi connectivity index (χ0v) is 9.33. The molecule has 1 rings (SSSR count). The highest BCUT2D eigenvalue weighted by molar-refractivity contribution is 5.24. The van der Waals surface area contributed by atoms with Gasteiger partial charge in [-0.05, 0) is 19.5 Å². The van der Waals surface area contributed by atoms with Crippen molar-refractivity contribution in [2.24, 2.45) is 0 Å². The molecule has 1 heterocycles. The molecule has 2 heteroatoms. The van der Waals surface area contributed by atoms with Crippen LogP contribution in [-0.4, -0.2) is 38.3 Å². The molecule has 0 saturated carbocycles. The lowest BCUT2D eigenvalue weighted by molar-refractivity contribution is 0.0503. The van der Waals surface area contributed by atoms with E-state index in [-0.39, 0.29) is 0 Å². The molecule has 0 N–H and O–H groups in total. The summed E-state index contributed by atoms with van der Waals surface area (Å²) in [6.07, 6.45) is 5.57. The molecule has 1 aliphatic heterocycles. The Morgan fingerprint density at radius 1 is 1.36 bits per heavy atom. The third-order valence-corrected chi connectivity index (χ3v) is 1.88. The van der Waals surface area contributed by atoms with Crippen molar-refractivity contribution < 1.29 is 4.74 Å². The fraction of sp³-hybridized carbons (Fsp3) is 0.500. The van der Waals surface area contributed by atoms with Gasteiger partial charge in [0.15, 0.2) is 0 Å². The molecule has 0 aromatic heterocycles. The SMILES string of the molecule is C=CC(=C)/C=C/C.CN1CCOCC1. The first-order chi connectivity index (χ1) is 6.70. The van der Waals surface area contributed by atoms with Crippen molar-refractivity contribution in [1.29, 1.82) is 0 Å². The molecular weight excluding hydrogens is 174 g/mol. The van der Waals surface area contributed by atoms with E-state index in [1.54, 1.807) is 6.08 Å². The van der Waals surface area contributed by atoms with Crippen LogP contribution in [0.4, 0.5) is 0 Å². The van der Waals surface area contributed by atoms with E-state index >= 15 is 0 Å².